The summed E-state index contributed by atoms with van der Waals surface area (Å²) in [5.74, 6) is 0.0376. The highest BCUT2D eigenvalue weighted by atomic mass is 16.5. The van der Waals surface area contributed by atoms with Gasteiger partial charge in [-0.2, -0.15) is 0 Å². The van der Waals surface area contributed by atoms with Crippen LogP contribution in [-0.4, -0.2) is 11.9 Å². The number of hydrogen-bond acceptors (Lipinski definition) is 4. The summed E-state index contributed by atoms with van der Waals surface area (Å²) in [6.45, 7) is 7.67. The Kier molecular flexibility index (Phi) is 6.03. The van der Waals surface area contributed by atoms with Crippen LogP contribution >= 0.6 is 0 Å². The monoisotopic (exact) mass is 474 g/mol. The molecule has 5 rings (SSSR count). The summed E-state index contributed by atoms with van der Waals surface area (Å²) < 4.78 is 12.1. The van der Waals surface area contributed by atoms with Gasteiger partial charge in [-0.25, -0.2) is 9.59 Å². The number of fused-ring (bicyclic) bond motifs is 2. The molecule has 0 N–H and O–H groups in total. The van der Waals surface area contributed by atoms with E-state index in [4.69, 9.17) is 9.47 Å². The van der Waals surface area contributed by atoms with Gasteiger partial charge in [0, 0.05) is 21.5 Å². The van der Waals surface area contributed by atoms with Crippen LogP contribution in [0.15, 0.2) is 84.9 Å². The topological polar surface area (TPSA) is 52.6 Å². The highest BCUT2D eigenvalue weighted by molar-refractivity contribution is 6.14. The maximum absolute atomic E-state index is 13.3. The molecule has 0 saturated carbocycles. The van der Waals surface area contributed by atoms with Crippen molar-refractivity contribution in [2.75, 3.05) is 0 Å². The van der Waals surface area contributed by atoms with E-state index in [9.17, 15) is 9.59 Å². The molecule has 4 nitrogen and oxygen atoms in total. The van der Waals surface area contributed by atoms with Crippen molar-refractivity contribution in [3.8, 4) is 11.5 Å². The van der Waals surface area contributed by atoms with Gasteiger partial charge in [0.05, 0.1) is 11.1 Å². The maximum Gasteiger partial charge on any atom is 0.343 e. The second-order valence-electron chi connectivity index (χ2n) is 9.17. The first kappa shape index (κ1) is 23.3. The van der Waals surface area contributed by atoms with Gasteiger partial charge in [0.1, 0.15) is 11.5 Å². The van der Waals surface area contributed by atoms with Crippen molar-refractivity contribution in [2.24, 2.45) is 0 Å². The number of rotatable bonds is 4. The van der Waals surface area contributed by atoms with Crippen LogP contribution in [0.3, 0.4) is 0 Å². The van der Waals surface area contributed by atoms with Crippen LogP contribution in [0.1, 0.15) is 43.0 Å². The smallest absolute Gasteiger partial charge is 0.343 e. The molecule has 0 radical (unpaired) electrons. The van der Waals surface area contributed by atoms with Crippen molar-refractivity contribution in [3.63, 3.8) is 0 Å². The van der Waals surface area contributed by atoms with Gasteiger partial charge in [-0.05, 0) is 51.0 Å². The lowest BCUT2D eigenvalue weighted by Crippen LogP contribution is -2.13. The largest absolute Gasteiger partial charge is 0.422 e. The molecule has 0 atom stereocenters. The Hall–Kier alpha value is -4.44. The molecule has 0 aromatic heterocycles. The number of ether oxygens (including phenoxy) is 2. The predicted molar refractivity (Wildman–Crippen MR) is 143 cm³/mol. The lowest BCUT2D eigenvalue weighted by atomic mass is 10.00. The van der Waals surface area contributed by atoms with Crippen LogP contribution in [0, 0.1) is 27.7 Å². The fraction of sp³-hybridized carbons (Fsp3) is 0.125. The fourth-order valence-electron chi connectivity index (χ4n) is 4.48. The first-order valence-electron chi connectivity index (χ1n) is 11.9. The van der Waals surface area contributed by atoms with Gasteiger partial charge in [-0.15, -0.1) is 0 Å². The van der Waals surface area contributed by atoms with E-state index in [1.54, 1.807) is 0 Å². The summed E-state index contributed by atoms with van der Waals surface area (Å²) in [5, 5.41) is 2.77. The summed E-state index contributed by atoms with van der Waals surface area (Å²) in [5.41, 5.74) is 4.70. The van der Waals surface area contributed by atoms with Gasteiger partial charge in [-0.1, -0.05) is 83.9 Å². The van der Waals surface area contributed by atoms with E-state index >= 15 is 0 Å². The van der Waals surface area contributed by atoms with Crippen molar-refractivity contribution in [1.29, 1.82) is 0 Å². The molecule has 0 saturated heterocycles. The molecule has 5 aromatic carbocycles. The molecule has 0 fully saturated rings. The zero-order chi connectivity index (χ0) is 25.4. The Bertz CT molecular complexity index is 1480. The molecular formula is C32H26O4. The molecule has 4 heteroatoms. The predicted octanol–water partition coefficient (Wildman–Crippen LogP) is 7.67. The number of esters is 2. The van der Waals surface area contributed by atoms with E-state index in [2.05, 4.69) is 0 Å². The quantitative estimate of drug-likeness (QED) is 0.152. The number of carbonyl (C=O) groups excluding carboxylic acids is 2. The van der Waals surface area contributed by atoms with Gasteiger partial charge < -0.3 is 9.47 Å². The van der Waals surface area contributed by atoms with E-state index in [1.807, 2.05) is 113 Å². The van der Waals surface area contributed by atoms with Gasteiger partial charge in [0.2, 0.25) is 0 Å². The van der Waals surface area contributed by atoms with E-state index in [1.165, 1.54) is 0 Å². The molecular weight excluding hydrogens is 448 g/mol. The van der Waals surface area contributed by atoms with Crippen molar-refractivity contribution in [1.82, 2.24) is 0 Å². The molecule has 178 valence electrons. The molecule has 0 unspecified atom stereocenters. The van der Waals surface area contributed by atoms with Crippen LogP contribution in [0.4, 0.5) is 0 Å². The van der Waals surface area contributed by atoms with E-state index in [0.29, 0.717) is 44.2 Å². The Balaban J connectivity index is 1.67. The summed E-state index contributed by atoms with van der Waals surface area (Å²) in [7, 11) is 0. The highest BCUT2D eigenvalue weighted by Crippen LogP contribution is 2.43. The van der Waals surface area contributed by atoms with Crippen LogP contribution in [0.2, 0.25) is 0 Å². The third kappa shape index (κ3) is 4.22. The van der Waals surface area contributed by atoms with Crippen LogP contribution in [0.25, 0.3) is 21.5 Å². The summed E-state index contributed by atoms with van der Waals surface area (Å²) in [6.07, 6.45) is 0. The molecule has 36 heavy (non-hydrogen) atoms. The zero-order valence-electron chi connectivity index (χ0n) is 20.7. The summed E-state index contributed by atoms with van der Waals surface area (Å²) in [6, 6.07) is 26.5. The number of hydrogen-bond donors (Lipinski definition) is 0. The standard InChI is InChI=1S/C32H26O4/c1-19-13-15-21(3)27(17-19)31(33)35-29-23-9-5-7-11-25(23)30(26-12-8-6-10-24(26)29)36-32(34)28-18-20(2)14-16-22(28)4/h5-18H,1-4H3. The molecule has 0 heterocycles. The SMILES string of the molecule is Cc1ccc(C)c(C(=O)Oc2c3ccccc3c(OC(=O)c3cc(C)ccc3C)c3ccccc23)c1. The lowest BCUT2D eigenvalue weighted by Gasteiger charge is -2.17. The third-order valence-electron chi connectivity index (χ3n) is 6.45. The minimum Gasteiger partial charge on any atom is -0.422 e. The molecule has 0 aliphatic heterocycles. The van der Waals surface area contributed by atoms with Gasteiger partial charge in [0.15, 0.2) is 0 Å². The molecule has 0 amide bonds. The number of carbonyl (C=O) groups is 2. The molecule has 0 aliphatic carbocycles. The van der Waals surface area contributed by atoms with Crippen LogP contribution < -0.4 is 9.47 Å². The van der Waals surface area contributed by atoms with Gasteiger partial charge in [0.25, 0.3) is 0 Å². The Labute approximate surface area is 210 Å². The average Bonchev–Trinajstić information content (AvgIpc) is 2.88. The number of aryl methyl sites for hydroxylation is 4. The Morgan fingerprint density at radius 3 is 1.17 bits per heavy atom. The van der Waals surface area contributed by atoms with Crippen molar-refractivity contribution in [2.45, 2.75) is 27.7 Å². The maximum atomic E-state index is 13.3. The average molecular weight is 475 g/mol. The molecule has 0 bridgehead atoms. The first-order chi connectivity index (χ1) is 17.3. The normalized spacial score (nSPS) is 11.0. The van der Waals surface area contributed by atoms with Gasteiger partial charge >= 0.3 is 11.9 Å². The Morgan fingerprint density at radius 1 is 0.500 bits per heavy atom. The van der Waals surface area contributed by atoms with Crippen molar-refractivity contribution < 1.29 is 19.1 Å². The van der Waals surface area contributed by atoms with Crippen LogP contribution in [0.5, 0.6) is 11.5 Å². The molecule has 0 aliphatic rings. The number of benzene rings is 5. The van der Waals surface area contributed by atoms with E-state index in [0.717, 1.165) is 22.3 Å². The fourth-order valence-corrected chi connectivity index (χ4v) is 4.48. The zero-order valence-corrected chi connectivity index (χ0v) is 20.7. The Morgan fingerprint density at radius 2 is 0.833 bits per heavy atom. The minimum atomic E-state index is -0.424. The van der Waals surface area contributed by atoms with Crippen LogP contribution in [-0.2, 0) is 0 Å². The van der Waals surface area contributed by atoms with Crippen molar-refractivity contribution >= 4 is 33.5 Å². The van der Waals surface area contributed by atoms with Gasteiger partial charge in [-0.3, -0.25) is 0 Å². The lowest BCUT2D eigenvalue weighted by molar-refractivity contribution is 0.0725. The first-order valence-corrected chi connectivity index (χ1v) is 11.9. The highest BCUT2D eigenvalue weighted by Gasteiger charge is 2.22. The molecule has 0 spiro atoms. The minimum absolute atomic E-state index is 0.424. The third-order valence-corrected chi connectivity index (χ3v) is 6.45. The molecule has 5 aromatic rings. The van der Waals surface area contributed by atoms with E-state index < -0.39 is 11.9 Å². The summed E-state index contributed by atoms with van der Waals surface area (Å²) >= 11 is 0. The second-order valence-corrected chi connectivity index (χ2v) is 9.17. The summed E-state index contributed by atoms with van der Waals surface area (Å²) in [4.78, 5) is 26.6. The second kappa shape index (κ2) is 9.31. The van der Waals surface area contributed by atoms with Crippen molar-refractivity contribution in [3.05, 3.63) is 118 Å². The van der Waals surface area contributed by atoms with E-state index in [-0.39, 0.29) is 0 Å².